The third-order valence-corrected chi connectivity index (χ3v) is 5.51. The van der Waals surface area contributed by atoms with E-state index in [0.29, 0.717) is 11.8 Å². The Balaban J connectivity index is 2.20. The van der Waals surface area contributed by atoms with Crippen molar-refractivity contribution in [3.8, 4) is 11.1 Å². The van der Waals surface area contributed by atoms with E-state index in [1.165, 1.54) is 32.5 Å². The Kier molecular flexibility index (Phi) is 4.29. The molecule has 120 valence electrons. The lowest BCUT2D eigenvalue weighted by molar-refractivity contribution is 0.818. The summed E-state index contributed by atoms with van der Waals surface area (Å²) in [5.41, 5.74) is 8.07. The molecule has 0 aliphatic carbocycles. The highest BCUT2D eigenvalue weighted by molar-refractivity contribution is 7.18. The molecule has 0 saturated heterocycles. The molecule has 1 nitrogen and oxygen atoms in total. The van der Waals surface area contributed by atoms with Gasteiger partial charge in [0.25, 0.3) is 0 Å². The van der Waals surface area contributed by atoms with Crippen LogP contribution in [0.4, 0.5) is 0 Å². The third kappa shape index (κ3) is 3.05. The van der Waals surface area contributed by atoms with Crippen LogP contribution in [-0.4, -0.2) is 4.98 Å². The van der Waals surface area contributed by atoms with Crippen molar-refractivity contribution in [2.75, 3.05) is 0 Å². The van der Waals surface area contributed by atoms with E-state index < -0.39 is 0 Å². The quantitative estimate of drug-likeness (QED) is 0.515. The summed E-state index contributed by atoms with van der Waals surface area (Å²) in [6, 6.07) is 11.4. The summed E-state index contributed by atoms with van der Waals surface area (Å²) in [6.07, 6.45) is 0. The highest BCUT2D eigenvalue weighted by Crippen LogP contribution is 2.34. The van der Waals surface area contributed by atoms with E-state index in [4.69, 9.17) is 0 Å². The van der Waals surface area contributed by atoms with Crippen molar-refractivity contribution in [3.63, 3.8) is 0 Å². The smallest absolute Gasteiger partial charge is 0.0907 e. The van der Waals surface area contributed by atoms with E-state index in [9.17, 15) is 0 Å². The summed E-state index contributed by atoms with van der Waals surface area (Å²) in [5, 5.41) is 1.13. The third-order valence-electron chi connectivity index (χ3n) is 4.56. The van der Waals surface area contributed by atoms with Crippen molar-refractivity contribution >= 4 is 21.6 Å². The van der Waals surface area contributed by atoms with Crippen LogP contribution in [0.5, 0.6) is 0 Å². The highest BCUT2D eigenvalue weighted by atomic mass is 32.1. The molecule has 0 saturated carbocycles. The number of nitrogens with zero attached hydrogens (tertiary/aromatic N) is 1. The predicted molar refractivity (Wildman–Crippen MR) is 103 cm³/mol. The van der Waals surface area contributed by atoms with Crippen LogP contribution in [0.2, 0.25) is 0 Å². The van der Waals surface area contributed by atoms with Crippen molar-refractivity contribution in [2.45, 2.75) is 53.4 Å². The number of benzene rings is 2. The lowest BCUT2D eigenvalue weighted by atomic mass is 9.86. The van der Waals surface area contributed by atoms with Crippen LogP contribution in [0.1, 0.15) is 61.2 Å². The zero-order chi connectivity index (χ0) is 16.7. The Morgan fingerprint density at radius 1 is 0.826 bits per heavy atom. The zero-order valence-corrected chi connectivity index (χ0v) is 15.7. The first-order chi connectivity index (χ1) is 10.9. The molecule has 2 heteroatoms. The number of fused-ring (bicyclic) bond motifs is 1. The minimum Gasteiger partial charge on any atom is -0.241 e. The number of hydrogen-bond acceptors (Lipinski definition) is 2. The first-order valence-corrected chi connectivity index (χ1v) is 9.20. The van der Waals surface area contributed by atoms with Crippen LogP contribution in [0.25, 0.3) is 21.3 Å². The Hall–Kier alpha value is -1.67. The molecule has 0 unspecified atom stereocenters. The van der Waals surface area contributed by atoms with Gasteiger partial charge >= 0.3 is 0 Å². The fourth-order valence-corrected chi connectivity index (χ4v) is 4.16. The SMILES string of the molecule is Cc1nc2cc(-c3cc(C(C)C)c(C)c(C(C)C)c3)ccc2s1. The highest BCUT2D eigenvalue weighted by Gasteiger charge is 2.14. The summed E-state index contributed by atoms with van der Waals surface area (Å²) < 4.78 is 1.27. The fraction of sp³-hybridized carbons (Fsp3) is 0.381. The molecule has 0 aliphatic rings. The van der Waals surface area contributed by atoms with E-state index in [2.05, 4.69) is 76.9 Å². The van der Waals surface area contributed by atoms with Crippen LogP contribution in [-0.2, 0) is 0 Å². The molecule has 0 radical (unpaired) electrons. The van der Waals surface area contributed by atoms with Crippen LogP contribution in [0.15, 0.2) is 30.3 Å². The van der Waals surface area contributed by atoms with E-state index >= 15 is 0 Å². The van der Waals surface area contributed by atoms with Gasteiger partial charge < -0.3 is 0 Å². The normalized spacial score (nSPS) is 11.8. The van der Waals surface area contributed by atoms with Crippen LogP contribution in [0.3, 0.4) is 0 Å². The van der Waals surface area contributed by atoms with Crippen LogP contribution < -0.4 is 0 Å². The number of rotatable bonds is 3. The van der Waals surface area contributed by atoms with Crippen molar-refractivity contribution in [3.05, 3.63) is 52.0 Å². The number of thiazole rings is 1. The Labute approximate surface area is 143 Å². The molecule has 1 aromatic heterocycles. The second-order valence-corrected chi connectivity index (χ2v) is 8.24. The zero-order valence-electron chi connectivity index (χ0n) is 14.9. The first-order valence-electron chi connectivity index (χ1n) is 8.38. The minimum atomic E-state index is 0.540. The van der Waals surface area contributed by atoms with Gasteiger partial charge in [-0.3, -0.25) is 0 Å². The van der Waals surface area contributed by atoms with Crippen LogP contribution >= 0.6 is 11.3 Å². The molecule has 0 aliphatic heterocycles. The average molecular weight is 324 g/mol. The van der Waals surface area contributed by atoms with E-state index in [1.54, 1.807) is 11.3 Å². The summed E-state index contributed by atoms with van der Waals surface area (Å²) in [6.45, 7) is 13.5. The molecule has 3 rings (SSSR count). The molecular formula is C21H25NS. The Morgan fingerprint density at radius 2 is 1.43 bits per heavy atom. The lowest BCUT2D eigenvalue weighted by Crippen LogP contribution is -2.00. The molecule has 0 fully saturated rings. The monoisotopic (exact) mass is 323 g/mol. The number of hydrogen-bond donors (Lipinski definition) is 0. The van der Waals surface area contributed by atoms with Crippen molar-refractivity contribution < 1.29 is 0 Å². The van der Waals surface area contributed by atoms with Crippen molar-refractivity contribution in [2.24, 2.45) is 0 Å². The summed E-state index contributed by atoms with van der Waals surface area (Å²) >= 11 is 1.76. The van der Waals surface area contributed by atoms with Gasteiger partial charge in [0.2, 0.25) is 0 Å². The van der Waals surface area contributed by atoms with E-state index in [1.807, 2.05) is 0 Å². The number of aromatic nitrogens is 1. The van der Waals surface area contributed by atoms with Gasteiger partial charge in [0.1, 0.15) is 0 Å². The maximum Gasteiger partial charge on any atom is 0.0907 e. The van der Waals surface area contributed by atoms with Gasteiger partial charge in [-0.2, -0.15) is 0 Å². The molecule has 2 aromatic carbocycles. The van der Waals surface area contributed by atoms with E-state index in [0.717, 1.165) is 10.5 Å². The van der Waals surface area contributed by atoms with Crippen molar-refractivity contribution in [1.29, 1.82) is 0 Å². The molecule has 0 N–H and O–H groups in total. The molecule has 0 atom stereocenters. The molecule has 1 heterocycles. The molecular weight excluding hydrogens is 298 g/mol. The summed E-state index contributed by atoms with van der Waals surface area (Å²) in [7, 11) is 0. The molecule has 23 heavy (non-hydrogen) atoms. The Bertz CT molecular complexity index is 826. The van der Waals surface area contributed by atoms with Gasteiger partial charge in [-0.05, 0) is 65.6 Å². The average Bonchev–Trinajstić information content (AvgIpc) is 2.85. The van der Waals surface area contributed by atoms with Gasteiger partial charge in [-0.1, -0.05) is 45.9 Å². The second-order valence-electron chi connectivity index (χ2n) is 7.00. The van der Waals surface area contributed by atoms with Gasteiger partial charge in [-0.15, -0.1) is 11.3 Å². The van der Waals surface area contributed by atoms with E-state index in [-0.39, 0.29) is 0 Å². The van der Waals surface area contributed by atoms with Crippen molar-refractivity contribution in [1.82, 2.24) is 4.98 Å². The summed E-state index contributed by atoms with van der Waals surface area (Å²) in [5.74, 6) is 1.08. The van der Waals surface area contributed by atoms with Crippen LogP contribution in [0, 0.1) is 13.8 Å². The first kappa shape index (κ1) is 16.2. The van der Waals surface area contributed by atoms with Gasteiger partial charge in [0.05, 0.1) is 15.2 Å². The molecule has 0 amide bonds. The standard InChI is InChI=1S/C21H25NS/c1-12(2)18-9-17(10-19(13(3)4)14(18)5)16-7-8-21-20(11-16)22-15(6)23-21/h7-13H,1-6H3. The fourth-order valence-electron chi connectivity index (χ4n) is 3.35. The second kappa shape index (κ2) is 6.09. The topological polar surface area (TPSA) is 12.9 Å². The predicted octanol–water partition coefficient (Wildman–Crippen LogP) is 6.83. The maximum atomic E-state index is 4.65. The van der Waals surface area contributed by atoms with Gasteiger partial charge in [0, 0.05) is 0 Å². The maximum absolute atomic E-state index is 4.65. The Morgan fingerprint density at radius 3 is 2.00 bits per heavy atom. The molecule has 0 spiro atoms. The largest absolute Gasteiger partial charge is 0.241 e. The number of aryl methyl sites for hydroxylation is 1. The van der Waals surface area contributed by atoms with Gasteiger partial charge in [-0.25, -0.2) is 4.98 Å². The van der Waals surface area contributed by atoms with Gasteiger partial charge in [0.15, 0.2) is 0 Å². The molecule has 3 aromatic rings. The lowest BCUT2D eigenvalue weighted by Gasteiger charge is -2.19. The molecule has 0 bridgehead atoms. The minimum absolute atomic E-state index is 0.540. The summed E-state index contributed by atoms with van der Waals surface area (Å²) in [4.78, 5) is 4.65.